The molecule has 5 aliphatic carbocycles. The lowest BCUT2D eigenvalue weighted by Crippen LogP contribution is -2.50. The first-order valence-electron chi connectivity index (χ1n) is 11.8. The molecule has 4 bridgehead atoms. The van der Waals surface area contributed by atoms with Gasteiger partial charge in [-0.2, -0.15) is 0 Å². The molecule has 4 fully saturated rings. The van der Waals surface area contributed by atoms with Gasteiger partial charge in [0.25, 0.3) is 5.91 Å². The summed E-state index contributed by atoms with van der Waals surface area (Å²) in [7, 11) is 0. The van der Waals surface area contributed by atoms with Gasteiger partial charge in [-0.15, -0.1) is 0 Å². The molecule has 1 amide bonds. The Morgan fingerprint density at radius 1 is 0.882 bits per heavy atom. The zero-order chi connectivity index (χ0) is 23.6. The van der Waals surface area contributed by atoms with Crippen molar-refractivity contribution in [3.8, 4) is 0 Å². The first-order valence-corrected chi connectivity index (χ1v) is 12.2. The van der Waals surface area contributed by atoms with Crippen LogP contribution in [0, 0.1) is 23.2 Å². The van der Waals surface area contributed by atoms with E-state index in [0.717, 1.165) is 19.3 Å². The van der Waals surface area contributed by atoms with Crippen molar-refractivity contribution in [1.29, 1.82) is 0 Å². The number of halogens is 1. The van der Waals surface area contributed by atoms with Gasteiger partial charge in [-0.05, 0) is 68.4 Å². The number of fused-ring (bicyclic) bond motifs is 2. The van der Waals surface area contributed by atoms with Crippen LogP contribution in [0.25, 0.3) is 0 Å². The minimum atomic E-state index is -0.532. The minimum Gasteiger partial charge on any atom is -0.455 e. The Balaban J connectivity index is 1.16. The highest BCUT2D eigenvalue weighted by Gasteiger charge is 2.55. The Morgan fingerprint density at radius 2 is 1.41 bits per heavy atom. The van der Waals surface area contributed by atoms with E-state index >= 15 is 0 Å². The van der Waals surface area contributed by atoms with Gasteiger partial charge in [-0.1, -0.05) is 35.9 Å². The third-order valence-electron chi connectivity index (χ3n) is 8.09. The monoisotopic (exact) mass is 477 g/mol. The number of amides is 1. The number of nitrogens with one attached hydrogen (secondary N) is 1. The number of carbonyl (C=O) groups is 4. The molecule has 0 aliphatic heterocycles. The van der Waals surface area contributed by atoms with E-state index in [1.807, 2.05) is 0 Å². The molecule has 7 heteroatoms. The van der Waals surface area contributed by atoms with E-state index in [4.69, 9.17) is 16.3 Å². The van der Waals surface area contributed by atoms with Crippen LogP contribution in [0.15, 0.2) is 36.4 Å². The predicted molar refractivity (Wildman–Crippen MR) is 125 cm³/mol. The summed E-state index contributed by atoms with van der Waals surface area (Å²) in [6, 6.07) is 9.45. The van der Waals surface area contributed by atoms with Gasteiger partial charge >= 0.3 is 5.97 Å². The number of hydrogen-bond acceptors (Lipinski definition) is 5. The van der Waals surface area contributed by atoms with Crippen LogP contribution in [0.4, 0.5) is 5.69 Å². The van der Waals surface area contributed by atoms with Crippen molar-refractivity contribution in [1.82, 2.24) is 0 Å². The van der Waals surface area contributed by atoms with E-state index in [9.17, 15) is 19.2 Å². The van der Waals surface area contributed by atoms with Crippen LogP contribution >= 0.6 is 11.6 Å². The van der Waals surface area contributed by atoms with Crippen LogP contribution in [0.1, 0.15) is 70.4 Å². The third kappa shape index (κ3) is 3.38. The van der Waals surface area contributed by atoms with Crippen molar-refractivity contribution in [3.05, 3.63) is 63.7 Å². The summed E-state index contributed by atoms with van der Waals surface area (Å²) < 4.78 is 5.48. The van der Waals surface area contributed by atoms with E-state index < -0.39 is 17.9 Å². The molecule has 4 saturated carbocycles. The number of ketones is 2. The highest BCUT2D eigenvalue weighted by Crippen LogP contribution is 2.60. The number of rotatable bonds is 4. The highest BCUT2D eigenvalue weighted by molar-refractivity contribution is 6.36. The molecule has 7 rings (SSSR count). The molecule has 0 saturated heterocycles. The Labute approximate surface area is 202 Å². The van der Waals surface area contributed by atoms with Crippen LogP contribution in [0.2, 0.25) is 5.02 Å². The lowest BCUT2D eigenvalue weighted by molar-refractivity contribution is -0.172. The van der Waals surface area contributed by atoms with Gasteiger partial charge in [0.15, 0.2) is 18.2 Å². The second-order valence-electron chi connectivity index (χ2n) is 10.4. The molecule has 0 unspecified atom stereocenters. The highest BCUT2D eigenvalue weighted by atomic mass is 35.5. The Morgan fingerprint density at radius 3 is 1.97 bits per heavy atom. The van der Waals surface area contributed by atoms with Gasteiger partial charge in [0.1, 0.15) is 0 Å². The summed E-state index contributed by atoms with van der Waals surface area (Å²) >= 11 is 6.33. The van der Waals surface area contributed by atoms with Crippen LogP contribution in [0.5, 0.6) is 0 Å². The maximum atomic E-state index is 13.0. The normalized spacial score (nSPS) is 28.3. The molecule has 0 aromatic heterocycles. The Hall–Kier alpha value is -2.99. The summed E-state index contributed by atoms with van der Waals surface area (Å²) in [6.07, 6.45) is 6.26. The number of esters is 1. The molecule has 2 aromatic rings. The molecule has 174 valence electrons. The summed E-state index contributed by atoms with van der Waals surface area (Å²) in [5.41, 5.74) is 0.831. The first-order chi connectivity index (χ1) is 16.3. The summed E-state index contributed by atoms with van der Waals surface area (Å²) in [4.78, 5) is 51.4. The second-order valence-corrected chi connectivity index (χ2v) is 10.8. The first kappa shape index (κ1) is 21.5. The number of benzene rings is 2. The smallest absolute Gasteiger partial charge is 0.312 e. The van der Waals surface area contributed by atoms with Gasteiger partial charge < -0.3 is 10.1 Å². The van der Waals surface area contributed by atoms with E-state index in [-0.39, 0.29) is 39.4 Å². The van der Waals surface area contributed by atoms with E-state index in [0.29, 0.717) is 28.9 Å². The zero-order valence-corrected chi connectivity index (χ0v) is 19.3. The maximum Gasteiger partial charge on any atom is 0.312 e. The average Bonchev–Trinajstić information content (AvgIpc) is 2.81. The molecule has 0 atom stereocenters. The SMILES string of the molecule is O=C(COC(=O)C12CC3CC(CC(C3)C1)C2)Nc1cc2c(cc1Cl)C(=O)c1ccccc1C2=O. The lowest BCUT2D eigenvalue weighted by atomic mass is 9.49. The number of ether oxygens (including phenoxy) is 1. The Kier molecular flexibility index (Phi) is 4.92. The van der Waals surface area contributed by atoms with Crippen molar-refractivity contribution < 1.29 is 23.9 Å². The topological polar surface area (TPSA) is 89.5 Å². The van der Waals surface area contributed by atoms with Gasteiger partial charge in [-0.3, -0.25) is 19.2 Å². The van der Waals surface area contributed by atoms with E-state index in [1.54, 1.807) is 24.3 Å². The van der Waals surface area contributed by atoms with Crippen molar-refractivity contribution in [2.75, 3.05) is 11.9 Å². The fourth-order valence-electron chi connectivity index (χ4n) is 7.05. The van der Waals surface area contributed by atoms with Crippen molar-refractivity contribution in [2.45, 2.75) is 38.5 Å². The van der Waals surface area contributed by atoms with Gasteiger partial charge in [-0.25, -0.2) is 0 Å². The molecule has 5 aliphatic rings. The third-order valence-corrected chi connectivity index (χ3v) is 8.41. The molecule has 2 aromatic carbocycles. The summed E-state index contributed by atoms with van der Waals surface area (Å²) in [6.45, 7) is -0.413. The molecule has 6 nitrogen and oxygen atoms in total. The van der Waals surface area contributed by atoms with Crippen LogP contribution in [-0.2, 0) is 14.3 Å². The fraction of sp³-hybridized carbons (Fsp3) is 0.407. The number of hydrogen-bond donors (Lipinski definition) is 1. The second kappa shape index (κ2) is 7.77. The van der Waals surface area contributed by atoms with Crippen molar-refractivity contribution in [2.24, 2.45) is 23.2 Å². The van der Waals surface area contributed by atoms with Gasteiger partial charge in [0.2, 0.25) is 0 Å². The standard InChI is InChI=1S/C27H24ClNO5/c28-21-8-19-20(25(32)18-4-2-1-3-17(18)24(19)31)9-22(21)29-23(30)13-34-26(33)27-10-14-5-15(11-27)7-16(6-14)12-27/h1-4,8-9,14-16H,5-7,10-13H2,(H,29,30). The average molecular weight is 478 g/mol. The molecular formula is C27H24ClNO5. The largest absolute Gasteiger partial charge is 0.455 e. The molecule has 0 radical (unpaired) electrons. The quantitative estimate of drug-likeness (QED) is 0.544. The summed E-state index contributed by atoms with van der Waals surface area (Å²) in [5, 5.41) is 2.78. The molecule has 0 heterocycles. The number of anilines is 1. The van der Waals surface area contributed by atoms with E-state index in [2.05, 4.69) is 5.32 Å². The number of carbonyl (C=O) groups excluding carboxylic acids is 4. The lowest BCUT2D eigenvalue weighted by Gasteiger charge is -2.55. The van der Waals surface area contributed by atoms with Gasteiger partial charge in [0, 0.05) is 22.3 Å². The van der Waals surface area contributed by atoms with Crippen molar-refractivity contribution >= 4 is 40.7 Å². The molecule has 1 N–H and O–H groups in total. The van der Waals surface area contributed by atoms with Crippen molar-refractivity contribution in [3.63, 3.8) is 0 Å². The molecule has 0 spiro atoms. The molecule has 34 heavy (non-hydrogen) atoms. The van der Waals surface area contributed by atoms with Gasteiger partial charge in [0.05, 0.1) is 16.1 Å². The predicted octanol–water partition coefficient (Wildman–Crippen LogP) is 4.81. The van der Waals surface area contributed by atoms with Crippen LogP contribution in [0.3, 0.4) is 0 Å². The zero-order valence-electron chi connectivity index (χ0n) is 18.6. The minimum absolute atomic E-state index is 0.139. The molecular weight excluding hydrogens is 454 g/mol. The van der Waals surface area contributed by atoms with E-state index in [1.165, 1.54) is 31.4 Å². The fourth-order valence-corrected chi connectivity index (χ4v) is 7.26. The summed E-state index contributed by atoms with van der Waals surface area (Å²) in [5.74, 6) is 0.428. The van der Waals surface area contributed by atoms with Crippen LogP contribution < -0.4 is 5.32 Å². The Bertz CT molecular complexity index is 1230. The van der Waals surface area contributed by atoms with Crippen LogP contribution in [-0.4, -0.2) is 30.0 Å². The maximum absolute atomic E-state index is 13.0.